The standard InChI is InChI=1S/C21H34N2O4/c1-17(2)16-21(3,25-4)20(24)22-18-6-8-19(9-7-18)27-13-5-10-23-11-14-26-15-12-23/h6-9,17H,5,10-16H2,1-4H3,(H,22,24)/t21-/m1/s1. The first-order chi connectivity index (χ1) is 12.9. The molecular weight excluding hydrogens is 344 g/mol. The van der Waals surface area contributed by atoms with Crippen LogP contribution in [0.3, 0.4) is 0 Å². The Morgan fingerprint density at radius 2 is 1.93 bits per heavy atom. The molecule has 2 rings (SSSR count). The van der Waals surface area contributed by atoms with Crippen molar-refractivity contribution in [2.75, 3.05) is 51.9 Å². The Kier molecular flexibility index (Phi) is 8.54. The lowest BCUT2D eigenvalue weighted by Crippen LogP contribution is -2.43. The van der Waals surface area contributed by atoms with Gasteiger partial charge in [-0.15, -0.1) is 0 Å². The summed E-state index contributed by atoms with van der Waals surface area (Å²) in [6.45, 7) is 11.4. The van der Waals surface area contributed by atoms with Crippen LogP contribution in [-0.2, 0) is 14.3 Å². The number of methoxy groups -OCH3 is 1. The van der Waals surface area contributed by atoms with E-state index in [1.807, 2.05) is 31.2 Å². The van der Waals surface area contributed by atoms with E-state index < -0.39 is 5.60 Å². The number of benzene rings is 1. The summed E-state index contributed by atoms with van der Waals surface area (Å²) in [5.74, 6) is 1.05. The first-order valence-electron chi connectivity index (χ1n) is 9.82. The topological polar surface area (TPSA) is 60.0 Å². The van der Waals surface area contributed by atoms with E-state index in [0.29, 0.717) is 18.9 Å². The molecule has 152 valence electrons. The van der Waals surface area contributed by atoms with E-state index in [4.69, 9.17) is 14.2 Å². The molecule has 1 aromatic carbocycles. The Bertz CT molecular complexity index is 570. The maximum absolute atomic E-state index is 12.6. The number of amides is 1. The number of morpholine rings is 1. The van der Waals surface area contributed by atoms with Crippen LogP contribution in [0.25, 0.3) is 0 Å². The zero-order valence-electron chi connectivity index (χ0n) is 17.1. The lowest BCUT2D eigenvalue weighted by molar-refractivity contribution is -0.137. The van der Waals surface area contributed by atoms with Gasteiger partial charge in [-0.2, -0.15) is 0 Å². The van der Waals surface area contributed by atoms with Crippen molar-refractivity contribution in [1.82, 2.24) is 4.90 Å². The van der Waals surface area contributed by atoms with Gasteiger partial charge in [0.05, 0.1) is 19.8 Å². The van der Waals surface area contributed by atoms with Gasteiger partial charge in [0.15, 0.2) is 0 Å². The molecule has 0 aromatic heterocycles. The van der Waals surface area contributed by atoms with Crippen LogP contribution in [0.4, 0.5) is 5.69 Å². The number of hydrogen-bond acceptors (Lipinski definition) is 5. The van der Waals surface area contributed by atoms with Gasteiger partial charge < -0.3 is 19.5 Å². The van der Waals surface area contributed by atoms with Gasteiger partial charge in [0.25, 0.3) is 5.91 Å². The molecule has 1 N–H and O–H groups in total. The van der Waals surface area contributed by atoms with E-state index in [0.717, 1.165) is 50.7 Å². The van der Waals surface area contributed by atoms with E-state index in [2.05, 4.69) is 24.1 Å². The summed E-state index contributed by atoms with van der Waals surface area (Å²) in [5.41, 5.74) is -0.0873. The number of carbonyl (C=O) groups excluding carboxylic acids is 1. The molecular formula is C21H34N2O4. The zero-order valence-corrected chi connectivity index (χ0v) is 17.1. The molecule has 1 aromatic rings. The van der Waals surface area contributed by atoms with E-state index in [1.54, 1.807) is 7.11 Å². The fourth-order valence-electron chi connectivity index (χ4n) is 3.25. The van der Waals surface area contributed by atoms with Crippen molar-refractivity contribution >= 4 is 11.6 Å². The number of carbonyl (C=O) groups is 1. The summed E-state index contributed by atoms with van der Waals surface area (Å²) < 4.78 is 16.6. The molecule has 1 atom stereocenters. The summed E-state index contributed by atoms with van der Waals surface area (Å²) in [4.78, 5) is 15.0. The normalized spacial score (nSPS) is 17.5. The van der Waals surface area contributed by atoms with Crippen LogP contribution in [0.15, 0.2) is 24.3 Å². The van der Waals surface area contributed by atoms with Crippen LogP contribution in [0.5, 0.6) is 5.75 Å². The molecule has 1 fully saturated rings. The second-order valence-electron chi connectivity index (χ2n) is 7.67. The Labute approximate surface area is 163 Å². The highest BCUT2D eigenvalue weighted by Gasteiger charge is 2.33. The second kappa shape index (κ2) is 10.6. The SMILES string of the molecule is CO[C@](C)(CC(C)C)C(=O)Nc1ccc(OCCCN2CCOCC2)cc1. The van der Waals surface area contributed by atoms with Gasteiger partial charge in [-0.3, -0.25) is 9.69 Å². The molecule has 6 heteroatoms. The van der Waals surface area contributed by atoms with Crippen molar-refractivity contribution in [2.24, 2.45) is 5.92 Å². The molecule has 0 radical (unpaired) electrons. The van der Waals surface area contributed by atoms with Gasteiger partial charge in [0.2, 0.25) is 0 Å². The number of nitrogens with one attached hydrogen (secondary N) is 1. The minimum atomic E-state index is -0.831. The first kappa shape index (κ1) is 21.7. The fourth-order valence-corrected chi connectivity index (χ4v) is 3.25. The van der Waals surface area contributed by atoms with E-state index >= 15 is 0 Å². The molecule has 6 nitrogen and oxygen atoms in total. The van der Waals surface area contributed by atoms with Crippen LogP contribution in [0, 0.1) is 5.92 Å². The van der Waals surface area contributed by atoms with Crippen molar-refractivity contribution in [2.45, 2.75) is 39.2 Å². The lowest BCUT2D eigenvalue weighted by Gasteiger charge is -2.28. The molecule has 0 unspecified atom stereocenters. The maximum atomic E-state index is 12.6. The van der Waals surface area contributed by atoms with Crippen LogP contribution in [0.2, 0.25) is 0 Å². The van der Waals surface area contributed by atoms with Gasteiger partial charge >= 0.3 is 0 Å². The number of hydrogen-bond donors (Lipinski definition) is 1. The molecule has 0 aliphatic carbocycles. The first-order valence-corrected chi connectivity index (χ1v) is 9.82. The largest absolute Gasteiger partial charge is 0.494 e. The number of anilines is 1. The van der Waals surface area contributed by atoms with Gasteiger partial charge in [0.1, 0.15) is 11.4 Å². The lowest BCUT2D eigenvalue weighted by atomic mass is 9.93. The van der Waals surface area contributed by atoms with Crippen molar-refractivity contribution in [3.8, 4) is 5.75 Å². The average molecular weight is 379 g/mol. The average Bonchev–Trinajstić information content (AvgIpc) is 2.66. The Morgan fingerprint density at radius 1 is 1.26 bits per heavy atom. The predicted molar refractivity (Wildman–Crippen MR) is 107 cm³/mol. The monoisotopic (exact) mass is 378 g/mol. The van der Waals surface area contributed by atoms with Crippen LogP contribution < -0.4 is 10.1 Å². The Morgan fingerprint density at radius 3 is 2.52 bits per heavy atom. The minimum absolute atomic E-state index is 0.127. The molecule has 1 amide bonds. The summed E-state index contributed by atoms with van der Waals surface area (Å²) in [6, 6.07) is 7.50. The van der Waals surface area contributed by atoms with Gasteiger partial charge in [-0.1, -0.05) is 13.8 Å². The third-order valence-corrected chi connectivity index (χ3v) is 4.83. The highest BCUT2D eigenvalue weighted by atomic mass is 16.5. The zero-order chi connectivity index (χ0) is 19.7. The van der Waals surface area contributed by atoms with E-state index in [1.165, 1.54) is 0 Å². The fraction of sp³-hybridized carbons (Fsp3) is 0.667. The van der Waals surface area contributed by atoms with Crippen molar-refractivity contribution in [3.63, 3.8) is 0 Å². The summed E-state index contributed by atoms with van der Waals surface area (Å²) in [7, 11) is 1.58. The highest BCUT2D eigenvalue weighted by Crippen LogP contribution is 2.23. The van der Waals surface area contributed by atoms with Gasteiger partial charge in [0, 0.05) is 32.4 Å². The third kappa shape index (κ3) is 7.13. The molecule has 1 saturated heterocycles. The van der Waals surface area contributed by atoms with Crippen LogP contribution in [0.1, 0.15) is 33.6 Å². The molecule has 1 aliphatic rings. The number of rotatable bonds is 10. The van der Waals surface area contributed by atoms with Crippen LogP contribution >= 0.6 is 0 Å². The third-order valence-electron chi connectivity index (χ3n) is 4.83. The second-order valence-corrected chi connectivity index (χ2v) is 7.67. The van der Waals surface area contributed by atoms with Crippen molar-refractivity contribution in [1.29, 1.82) is 0 Å². The van der Waals surface area contributed by atoms with Crippen molar-refractivity contribution < 1.29 is 19.0 Å². The summed E-state index contributed by atoms with van der Waals surface area (Å²) >= 11 is 0. The van der Waals surface area contributed by atoms with Gasteiger partial charge in [-0.05, 0) is 49.9 Å². The van der Waals surface area contributed by atoms with Gasteiger partial charge in [-0.25, -0.2) is 0 Å². The summed E-state index contributed by atoms with van der Waals surface area (Å²) in [5, 5.41) is 2.94. The molecule has 1 heterocycles. The smallest absolute Gasteiger partial charge is 0.256 e. The van der Waals surface area contributed by atoms with E-state index in [9.17, 15) is 4.79 Å². The predicted octanol–water partition coefficient (Wildman–Crippen LogP) is 3.18. The quantitative estimate of drug-likeness (QED) is 0.634. The number of ether oxygens (including phenoxy) is 3. The van der Waals surface area contributed by atoms with E-state index in [-0.39, 0.29) is 5.91 Å². The minimum Gasteiger partial charge on any atom is -0.494 e. The Balaban J connectivity index is 1.76. The molecule has 0 saturated carbocycles. The molecule has 0 bridgehead atoms. The van der Waals surface area contributed by atoms with Crippen LogP contribution in [-0.4, -0.2) is 63.0 Å². The molecule has 1 aliphatic heterocycles. The highest BCUT2D eigenvalue weighted by molar-refractivity contribution is 5.97. The molecule has 0 spiro atoms. The maximum Gasteiger partial charge on any atom is 0.256 e. The number of nitrogens with zero attached hydrogens (tertiary/aromatic N) is 1. The van der Waals surface area contributed by atoms with Crippen molar-refractivity contribution in [3.05, 3.63) is 24.3 Å². The summed E-state index contributed by atoms with van der Waals surface area (Å²) in [6.07, 6.45) is 1.65. The Hall–Kier alpha value is -1.63. The molecule has 27 heavy (non-hydrogen) atoms.